The van der Waals surface area contributed by atoms with E-state index in [1.54, 1.807) is 6.92 Å². The van der Waals surface area contributed by atoms with E-state index < -0.39 is 3.25 Å². The Hall–Kier alpha value is 0.630. The Labute approximate surface area is 125 Å². The lowest BCUT2D eigenvalue weighted by Gasteiger charge is -1.91. The van der Waals surface area contributed by atoms with Crippen LogP contribution < -0.4 is 0 Å². The Bertz CT molecular complexity index is 148. The average molecular weight is 328 g/mol. The van der Waals surface area contributed by atoms with Gasteiger partial charge in [-0.15, -0.1) is 0 Å². The van der Waals surface area contributed by atoms with Crippen LogP contribution in [-0.4, -0.2) is 15.8 Å². The molecule has 0 atom stereocenters. The minimum Gasteiger partial charge on any atom is -0.466 e. The van der Waals surface area contributed by atoms with Gasteiger partial charge in [0.1, 0.15) is 0 Å². The summed E-state index contributed by atoms with van der Waals surface area (Å²) in [5.74, 6) is -0.211. The molecule has 0 radical (unpaired) electrons. The van der Waals surface area contributed by atoms with E-state index in [9.17, 15) is 4.79 Å². The van der Waals surface area contributed by atoms with Crippen molar-refractivity contribution in [2.75, 3.05) is 6.61 Å². The normalized spacial score (nSPS) is 9.41. The third-order valence-corrected chi connectivity index (χ3v) is 1.30. The second kappa shape index (κ2) is 16.6. The van der Waals surface area contributed by atoms with Crippen molar-refractivity contribution < 1.29 is 9.53 Å². The average Bonchev–Trinajstić information content (AvgIpc) is 2.12. The fourth-order valence-corrected chi connectivity index (χ4v) is 0.703. The monoisotopic (exact) mass is 326 g/mol. The lowest BCUT2D eigenvalue weighted by molar-refractivity contribution is -0.140. The number of ether oxygens (including phenoxy) is 1. The van der Waals surface area contributed by atoms with Crippen LogP contribution in [0.3, 0.4) is 0 Å². The zero-order valence-corrected chi connectivity index (χ0v) is 13.9. The summed E-state index contributed by atoms with van der Waals surface area (Å²) in [7, 11) is 0. The van der Waals surface area contributed by atoms with E-state index in [-0.39, 0.29) is 5.97 Å². The zero-order chi connectivity index (χ0) is 14.3. The van der Waals surface area contributed by atoms with Crippen LogP contribution in [0.4, 0.5) is 0 Å². The predicted molar refractivity (Wildman–Crippen MR) is 78.3 cm³/mol. The summed E-state index contributed by atoms with van der Waals surface area (Å²) in [6.07, 6.45) is 5.54. The van der Waals surface area contributed by atoms with Crippen molar-refractivity contribution in [2.45, 2.75) is 56.6 Å². The third-order valence-electron chi connectivity index (χ3n) is 1.30. The number of rotatable bonds is 4. The molecule has 0 bridgehead atoms. The Morgan fingerprint density at radius 3 is 1.35 bits per heavy atom. The van der Waals surface area contributed by atoms with Crippen LogP contribution in [0.2, 0.25) is 0 Å². The highest BCUT2D eigenvalue weighted by Crippen LogP contribution is 2.29. The number of alkyl halides is 4. The van der Waals surface area contributed by atoms with Crippen LogP contribution >= 0.6 is 46.4 Å². The molecule has 0 aliphatic carbocycles. The first-order valence-corrected chi connectivity index (χ1v) is 7.09. The van der Waals surface area contributed by atoms with Crippen LogP contribution in [0.5, 0.6) is 0 Å². The molecule has 0 unspecified atom stereocenters. The van der Waals surface area contributed by atoms with Crippen molar-refractivity contribution in [2.24, 2.45) is 0 Å². The SMILES string of the molecule is CCCCCC.CCOC(C)=O.ClC(Cl)(Cl)Cl. The molecule has 0 spiro atoms. The first kappa shape index (κ1) is 22.8. The summed E-state index contributed by atoms with van der Waals surface area (Å²) < 4.78 is 2.79. The number of hydrogen-bond acceptors (Lipinski definition) is 2. The van der Waals surface area contributed by atoms with E-state index in [0.717, 1.165) is 0 Å². The minimum atomic E-state index is -1.61. The van der Waals surface area contributed by atoms with Crippen molar-refractivity contribution >= 4 is 52.4 Å². The molecule has 0 aliphatic heterocycles. The lowest BCUT2D eigenvalue weighted by Crippen LogP contribution is -1.95. The van der Waals surface area contributed by atoms with Crippen LogP contribution in [0.15, 0.2) is 0 Å². The van der Waals surface area contributed by atoms with Gasteiger partial charge in [0, 0.05) is 6.92 Å². The summed E-state index contributed by atoms with van der Waals surface area (Å²) in [6, 6.07) is 0. The topological polar surface area (TPSA) is 26.3 Å². The van der Waals surface area contributed by atoms with E-state index >= 15 is 0 Å². The number of carbonyl (C=O) groups excluding carboxylic acids is 1. The highest BCUT2D eigenvalue weighted by Gasteiger charge is 2.11. The zero-order valence-electron chi connectivity index (χ0n) is 10.9. The molecule has 0 N–H and O–H groups in total. The summed E-state index contributed by atoms with van der Waals surface area (Å²) in [5, 5.41) is 0. The van der Waals surface area contributed by atoms with E-state index in [0.29, 0.717) is 6.61 Å². The number of halogens is 4. The van der Waals surface area contributed by atoms with Crippen LogP contribution in [0.25, 0.3) is 0 Å². The highest BCUT2D eigenvalue weighted by atomic mass is 35.6. The van der Waals surface area contributed by atoms with Gasteiger partial charge in [0.05, 0.1) is 6.61 Å². The quantitative estimate of drug-likeness (QED) is 0.375. The standard InChI is InChI=1S/C6H14.C4H8O2.CCl4/c1-3-5-6-4-2;1-3-6-4(2)5;2-1(3,4)5/h3-6H2,1-2H3;3H2,1-2H3;. The molecule has 2 nitrogen and oxygen atoms in total. The Morgan fingerprint density at radius 1 is 1.00 bits per heavy atom. The van der Waals surface area contributed by atoms with Crippen molar-refractivity contribution in [1.82, 2.24) is 0 Å². The van der Waals surface area contributed by atoms with Crippen LogP contribution in [0, 0.1) is 0 Å². The first-order valence-electron chi connectivity index (χ1n) is 5.57. The molecule has 6 heteroatoms. The van der Waals surface area contributed by atoms with Gasteiger partial charge < -0.3 is 4.74 Å². The number of hydrogen-bond donors (Lipinski definition) is 0. The van der Waals surface area contributed by atoms with Gasteiger partial charge in [-0.1, -0.05) is 85.9 Å². The molecule has 0 aromatic rings. The summed E-state index contributed by atoms with van der Waals surface area (Å²) >= 11 is 19.3. The summed E-state index contributed by atoms with van der Waals surface area (Å²) in [6.45, 7) is 8.12. The smallest absolute Gasteiger partial charge is 0.302 e. The van der Waals surface area contributed by atoms with Crippen molar-refractivity contribution in [3.63, 3.8) is 0 Å². The van der Waals surface area contributed by atoms with E-state index in [1.165, 1.54) is 32.6 Å². The van der Waals surface area contributed by atoms with Gasteiger partial charge >= 0.3 is 5.97 Å². The largest absolute Gasteiger partial charge is 0.466 e. The summed E-state index contributed by atoms with van der Waals surface area (Å²) in [4.78, 5) is 9.82. The summed E-state index contributed by atoms with van der Waals surface area (Å²) in [5.41, 5.74) is 0. The molecule has 0 aromatic heterocycles. The molecule has 0 aliphatic rings. The lowest BCUT2D eigenvalue weighted by atomic mass is 10.2. The van der Waals surface area contributed by atoms with Gasteiger partial charge in [0.15, 0.2) is 0 Å². The molecular weight excluding hydrogens is 306 g/mol. The van der Waals surface area contributed by atoms with E-state index in [4.69, 9.17) is 46.4 Å². The molecule has 0 rings (SSSR count). The van der Waals surface area contributed by atoms with Crippen LogP contribution in [0.1, 0.15) is 53.4 Å². The Morgan fingerprint density at radius 2 is 1.29 bits per heavy atom. The fraction of sp³-hybridized carbons (Fsp3) is 0.909. The molecule has 0 saturated carbocycles. The Kier molecular flexibility index (Phi) is 22.3. The van der Waals surface area contributed by atoms with Gasteiger partial charge in [-0.05, 0) is 6.92 Å². The maximum Gasteiger partial charge on any atom is 0.302 e. The van der Waals surface area contributed by atoms with Gasteiger partial charge in [0.2, 0.25) is 0 Å². The molecule has 0 saturated heterocycles. The van der Waals surface area contributed by atoms with Gasteiger partial charge in [-0.25, -0.2) is 0 Å². The van der Waals surface area contributed by atoms with Gasteiger partial charge in [0.25, 0.3) is 3.25 Å². The first-order chi connectivity index (χ1) is 7.68. The molecule has 0 fully saturated rings. The highest BCUT2D eigenvalue weighted by molar-refractivity contribution is 6.83. The third kappa shape index (κ3) is 81.0. The van der Waals surface area contributed by atoms with Crippen LogP contribution in [-0.2, 0) is 9.53 Å². The van der Waals surface area contributed by atoms with Gasteiger partial charge in [-0.2, -0.15) is 0 Å². The molecule has 0 amide bonds. The minimum absolute atomic E-state index is 0.211. The molecular formula is C11H22Cl4O2. The van der Waals surface area contributed by atoms with Crippen molar-refractivity contribution in [1.29, 1.82) is 0 Å². The Balaban J connectivity index is -0.000000174. The molecule has 17 heavy (non-hydrogen) atoms. The second-order valence-corrected chi connectivity index (χ2v) is 6.49. The fourth-order valence-electron chi connectivity index (χ4n) is 0.703. The van der Waals surface area contributed by atoms with E-state index in [2.05, 4.69) is 18.6 Å². The number of esters is 1. The second-order valence-electron chi connectivity index (χ2n) is 3.06. The van der Waals surface area contributed by atoms with E-state index in [1.807, 2.05) is 0 Å². The number of unbranched alkanes of at least 4 members (excludes halogenated alkanes) is 3. The predicted octanol–water partition coefficient (Wildman–Crippen LogP) is 5.71. The van der Waals surface area contributed by atoms with Crippen molar-refractivity contribution in [3.8, 4) is 0 Å². The molecule has 106 valence electrons. The maximum absolute atomic E-state index is 9.82. The maximum atomic E-state index is 9.82. The molecule has 0 aromatic carbocycles. The van der Waals surface area contributed by atoms with Crippen molar-refractivity contribution in [3.05, 3.63) is 0 Å². The van der Waals surface area contributed by atoms with Gasteiger partial charge in [-0.3, -0.25) is 4.79 Å². The number of carbonyl (C=O) groups is 1. The molecule has 0 heterocycles.